The number of halogens is 4. The lowest BCUT2D eigenvalue weighted by atomic mass is 9.86. The maximum atomic E-state index is 13.3. The average Bonchev–Trinajstić information content (AvgIpc) is 2.79. The van der Waals surface area contributed by atoms with Crippen LogP contribution >= 0.6 is 11.6 Å². The van der Waals surface area contributed by atoms with Gasteiger partial charge in [0.15, 0.2) is 0 Å². The maximum absolute atomic E-state index is 13.3. The number of hydrogen-bond acceptors (Lipinski definition) is 5. The van der Waals surface area contributed by atoms with Crippen molar-refractivity contribution in [3.63, 3.8) is 0 Å². The molecule has 1 unspecified atom stereocenters. The zero-order chi connectivity index (χ0) is 26.7. The summed E-state index contributed by atoms with van der Waals surface area (Å²) in [6, 6.07) is 12.6. The van der Waals surface area contributed by atoms with Gasteiger partial charge < -0.3 is 19.5 Å². The number of esters is 1. The fourth-order valence-electron chi connectivity index (χ4n) is 3.50. The molecule has 1 atom stereocenters. The molecular weight excluding hydrogens is 499 g/mol. The van der Waals surface area contributed by atoms with Crippen molar-refractivity contribution in [3.05, 3.63) is 70.7 Å². The molecule has 6 nitrogen and oxygen atoms in total. The second-order valence-corrected chi connectivity index (χ2v) is 9.52. The van der Waals surface area contributed by atoms with Crippen LogP contribution in [0.15, 0.2) is 54.6 Å². The lowest BCUT2D eigenvalue weighted by Gasteiger charge is -2.29. The number of methoxy groups -OCH3 is 1. The molecule has 0 heterocycles. The molecule has 0 aliphatic heterocycles. The highest BCUT2D eigenvalue weighted by atomic mass is 35.5. The Hall–Kier alpha value is -3.46. The Balaban J connectivity index is 1.94. The minimum absolute atomic E-state index is 0.0576. The van der Waals surface area contributed by atoms with E-state index in [9.17, 15) is 22.8 Å². The van der Waals surface area contributed by atoms with Crippen molar-refractivity contribution in [3.8, 4) is 11.5 Å². The minimum atomic E-state index is -4.79. The van der Waals surface area contributed by atoms with Crippen LogP contribution in [0.5, 0.6) is 11.5 Å². The first-order chi connectivity index (χ1) is 16.8. The van der Waals surface area contributed by atoms with Gasteiger partial charge in [-0.1, -0.05) is 56.6 Å². The molecule has 0 fully saturated rings. The van der Waals surface area contributed by atoms with Crippen LogP contribution in [0, 0.1) is 5.41 Å². The minimum Gasteiger partial charge on any atom is -0.487 e. The number of amides is 1. The molecule has 0 spiro atoms. The lowest BCUT2D eigenvalue weighted by molar-refractivity contribution is -0.274. The molecule has 0 saturated heterocycles. The number of alkyl halides is 3. The summed E-state index contributed by atoms with van der Waals surface area (Å²) in [4.78, 5) is 25.6. The van der Waals surface area contributed by atoms with Crippen molar-refractivity contribution in [1.29, 1.82) is 0 Å². The summed E-state index contributed by atoms with van der Waals surface area (Å²) in [5.41, 5.74) is 0.0569. The van der Waals surface area contributed by atoms with Crippen LogP contribution in [-0.4, -0.2) is 31.4 Å². The third-order valence-corrected chi connectivity index (χ3v) is 5.53. The molecule has 0 bridgehead atoms. The summed E-state index contributed by atoms with van der Waals surface area (Å²) in [6.45, 7) is 5.31. The van der Waals surface area contributed by atoms with Gasteiger partial charge in [0.1, 0.15) is 24.1 Å². The first-order valence-corrected chi connectivity index (χ1v) is 11.2. The van der Waals surface area contributed by atoms with E-state index in [1.807, 2.05) is 0 Å². The van der Waals surface area contributed by atoms with Gasteiger partial charge in [0.25, 0.3) is 5.91 Å². The molecule has 1 amide bonds. The van der Waals surface area contributed by atoms with Crippen LogP contribution in [0.4, 0.5) is 13.2 Å². The summed E-state index contributed by atoms with van der Waals surface area (Å²) < 4.78 is 52.0. The number of carbonyl (C=O) groups is 2. The van der Waals surface area contributed by atoms with Crippen LogP contribution in [0.25, 0.3) is 10.8 Å². The van der Waals surface area contributed by atoms with Gasteiger partial charge in [-0.15, -0.1) is 13.2 Å². The van der Waals surface area contributed by atoms with Crippen molar-refractivity contribution in [2.75, 3.05) is 7.11 Å². The molecule has 0 aliphatic rings. The number of benzene rings is 3. The number of ether oxygens (including phenoxy) is 3. The monoisotopic (exact) mass is 523 g/mol. The van der Waals surface area contributed by atoms with Crippen LogP contribution < -0.4 is 14.8 Å². The largest absolute Gasteiger partial charge is 0.573 e. The summed E-state index contributed by atoms with van der Waals surface area (Å²) in [6.07, 6.45) is -4.79. The molecule has 0 aromatic heterocycles. The topological polar surface area (TPSA) is 73.9 Å². The molecule has 3 aromatic carbocycles. The normalized spacial score (nSPS) is 12.7. The van der Waals surface area contributed by atoms with Crippen LogP contribution in [-0.2, 0) is 16.1 Å². The van der Waals surface area contributed by atoms with Gasteiger partial charge in [0.05, 0.1) is 12.7 Å². The van der Waals surface area contributed by atoms with Gasteiger partial charge in [-0.05, 0) is 46.7 Å². The first kappa shape index (κ1) is 27.1. The summed E-state index contributed by atoms with van der Waals surface area (Å²) in [5, 5.41) is 4.44. The van der Waals surface area contributed by atoms with Crippen molar-refractivity contribution < 1.29 is 37.0 Å². The predicted molar refractivity (Wildman–Crippen MR) is 129 cm³/mol. The van der Waals surface area contributed by atoms with Crippen molar-refractivity contribution in [2.45, 2.75) is 39.8 Å². The Kier molecular flexibility index (Phi) is 8.03. The molecular formula is C26H25ClF3NO5. The Morgan fingerprint density at radius 1 is 1.00 bits per heavy atom. The van der Waals surface area contributed by atoms with Crippen LogP contribution in [0.3, 0.4) is 0 Å². The number of nitrogens with one attached hydrogen (secondary N) is 1. The molecule has 3 rings (SSSR count). The zero-order valence-corrected chi connectivity index (χ0v) is 20.8. The molecule has 3 aromatic rings. The zero-order valence-electron chi connectivity index (χ0n) is 20.0. The Labute approximate surface area is 211 Å². The Morgan fingerprint density at radius 3 is 2.22 bits per heavy atom. The summed E-state index contributed by atoms with van der Waals surface area (Å²) in [7, 11) is 1.24. The predicted octanol–water partition coefficient (Wildman–Crippen LogP) is 6.29. The smallest absolute Gasteiger partial charge is 0.487 e. The third kappa shape index (κ3) is 6.81. The second kappa shape index (κ2) is 10.7. The van der Waals surface area contributed by atoms with E-state index in [0.29, 0.717) is 16.0 Å². The fourth-order valence-corrected chi connectivity index (χ4v) is 3.67. The molecule has 1 N–H and O–H groups in total. The Morgan fingerprint density at radius 2 is 1.64 bits per heavy atom. The lowest BCUT2D eigenvalue weighted by Crippen LogP contribution is -2.49. The highest BCUT2D eigenvalue weighted by Crippen LogP contribution is 2.34. The molecule has 10 heteroatoms. The molecule has 192 valence electrons. The Bertz CT molecular complexity index is 1250. The van der Waals surface area contributed by atoms with Crippen LogP contribution in [0.2, 0.25) is 5.02 Å². The number of carbonyl (C=O) groups excluding carboxylic acids is 2. The van der Waals surface area contributed by atoms with Crippen molar-refractivity contribution >= 4 is 34.2 Å². The van der Waals surface area contributed by atoms with E-state index in [1.54, 1.807) is 51.1 Å². The summed E-state index contributed by atoms with van der Waals surface area (Å²) in [5.74, 6) is -1.31. The molecule has 36 heavy (non-hydrogen) atoms. The van der Waals surface area contributed by atoms with Gasteiger partial charge >= 0.3 is 12.3 Å². The van der Waals surface area contributed by atoms with E-state index in [-0.39, 0.29) is 23.7 Å². The van der Waals surface area contributed by atoms with Gasteiger partial charge in [0, 0.05) is 10.4 Å². The van der Waals surface area contributed by atoms with E-state index in [4.69, 9.17) is 21.1 Å². The van der Waals surface area contributed by atoms with E-state index in [1.165, 1.54) is 31.4 Å². The fraction of sp³-hybridized carbons (Fsp3) is 0.308. The maximum Gasteiger partial charge on any atom is 0.573 e. The van der Waals surface area contributed by atoms with Gasteiger partial charge in [-0.25, -0.2) is 4.79 Å². The highest BCUT2D eigenvalue weighted by molar-refractivity contribution is 6.31. The second-order valence-electron chi connectivity index (χ2n) is 9.08. The van der Waals surface area contributed by atoms with E-state index in [0.717, 1.165) is 5.39 Å². The number of rotatable bonds is 7. The van der Waals surface area contributed by atoms with Crippen molar-refractivity contribution in [2.24, 2.45) is 5.41 Å². The quantitative estimate of drug-likeness (QED) is 0.368. The molecule has 0 radical (unpaired) electrons. The molecule has 0 aliphatic carbocycles. The summed E-state index contributed by atoms with van der Waals surface area (Å²) >= 11 is 6.19. The van der Waals surface area contributed by atoms with Gasteiger partial charge in [-0.3, -0.25) is 4.79 Å². The van der Waals surface area contributed by atoms with Crippen LogP contribution in [0.1, 0.15) is 36.7 Å². The molecule has 0 saturated carbocycles. The van der Waals surface area contributed by atoms with E-state index >= 15 is 0 Å². The first-order valence-electron chi connectivity index (χ1n) is 10.9. The highest BCUT2D eigenvalue weighted by Gasteiger charge is 2.34. The van der Waals surface area contributed by atoms with Crippen molar-refractivity contribution in [1.82, 2.24) is 5.32 Å². The standard InChI is InChI=1S/C26H25ClF3NO5/c1-25(2,3)22(24(33)34-4)31-23(32)19-12-8-16-7-9-17(27)13-20(16)21(19)35-14-15-5-10-18(11-6-15)36-26(28,29)30/h5-13,22H,14H2,1-4H3,(H,31,32). The van der Waals surface area contributed by atoms with E-state index in [2.05, 4.69) is 10.1 Å². The number of hydrogen-bond donors (Lipinski definition) is 1. The number of fused-ring (bicyclic) bond motifs is 1. The van der Waals surface area contributed by atoms with Gasteiger partial charge in [-0.2, -0.15) is 0 Å². The van der Waals surface area contributed by atoms with E-state index < -0.39 is 29.7 Å². The third-order valence-electron chi connectivity index (χ3n) is 5.30. The van der Waals surface area contributed by atoms with Gasteiger partial charge in [0.2, 0.25) is 0 Å². The average molecular weight is 524 g/mol. The SMILES string of the molecule is COC(=O)C(NC(=O)c1ccc2ccc(Cl)cc2c1OCc1ccc(OC(F)(F)F)cc1)C(C)(C)C.